The number of hydrogen-bond acceptors (Lipinski definition) is 1. The third kappa shape index (κ3) is 5.92. The van der Waals surface area contributed by atoms with Crippen molar-refractivity contribution in [3.63, 3.8) is 0 Å². The van der Waals surface area contributed by atoms with Crippen LogP contribution in [0.2, 0.25) is 0 Å². The van der Waals surface area contributed by atoms with Gasteiger partial charge in [-0.25, -0.2) is 0 Å². The minimum absolute atomic E-state index is 0.515. The van der Waals surface area contributed by atoms with Crippen LogP contribution in [0.5, 0.6) is 0 Å². The lowest BCUT2D eigenvalue weighted by molar-refractivity contribution is 0.470. The molecule has 0 saturated heterocycles. The van der Waals surface area contributed by atoms with E-state index in [-0.39, 0.29) is 0 Å². The number of aromatic nitrogens is 1. The van der Waals surface area contributed by atoms with E-state index < -0.39 is 0 Å². The van der Waals surface area contributed by atoms with E-state index in [2.05, 4.69) is 36.3 Å². The molecule has 0 radical (unpaired) electrons. The third-order valence-corrected chi connectivity index (χ3v) is 3.29. The lowest BCUT2D eigenvalue weighted by atomic mass is 10.0. The van der Waals surface area contributed by atoms with Crippen molar-refractivity contribution in [2.75, 3.05) is 6.54 Å². The number of H-pyrrole nitrogens is 1. The van der Waals surface area contributed by atoms with Gasteiger partial charge in [-0.3, -0.25) is 0 Å². The number of nitrogens with one attached hydrogen (secondary N) is 2. The molecule has 1 aromatic rings. The van der Waals surface area contributed by atoms with Gasteiger partial charge in [0.15, 0.2) is 0 Å². The molecule has 0 fully saturated rings. The average molecular weight is 236 g/mol. The highest BCUT2D eigenvalue weighted by Gasteiger charge is 2.09. The summed E-state index contributed by atoms with van der Waals surface area (Å²) >= 11 is 0. The molecule has 0 aliphatic rings. The van der Waals surface area contributed by atoms with Crippen molar-refractivity contribution in [2.45, 2.75) is 64.8 Å². The van der Waals surface area contributed by atoms with E-state index in [1.807, 2.05) is 6.20 Å². The molecule has 17 heavy (non-hydrogen) atoms. The van der Waals surface area contributed by atoms with Crippen molar-refractivity contribution in [1.29, 1.82) is 0 Å². The van der Waals surface area contributed by atoms with Gasteiger partial charge in [0.2, 0.25) is 0 Å². The monoisotopic (exact) mass is 236 g/mol. The van der Waals surface area contributed by atoms with Crippen LogP contribution in [0.15, 0.2) is 18.3 Å². The fraction of sp³-hybridized carbons (Fsp3) is 0.733. The van der Waals surface area contributed by atoms with Gasteiger partial charge >= 0.3 is 0 Å². The molecule has 0 aliphatic carbocycles. The van der Waals surface area contributed by atoms with Crippen molar-refractivity contribution in [3.8, 4) is 0 Å². The molecule has 1 heterocycles. The molecule has 1 atom stereocenters. The molecule has 1 aromatic heterocycles. The first-order valence-corrected chi connectivity index (χ1v) is 7.25. The van der Waals surface area contributed by atoms with E-state index in [1.165, 1.54) is 50.6 Å². The predicted octanol–water partition coefficient (Wildman–Crippen LogP) is 4.42. The quantitative estimate of drug-likeness (QED) is 0.578. The molecule has 98 valence electrons. The van der Waals surface area contributed by atoms with E-state index in [0.29, 0.717) is 6.04 Å². The Hall–Kier alpha value is -0.760. The maximum atomic E-state index is 3.56. The number of aromatic amines is 1. The van der Waals surface area contributed by atoms with Gasteiger partial charge < -0.3 is 10.3 Å². The summed E-state index contributed by atoms with van der Waals surface area (Å²) in [6.07, 6.45) is 11.5. The van der Waals surface area contributed by atoms with Gasteiger partial charge in [-0.1, -0.05) is 52.4 Å². The second kappa shape index (κ2) is 9.29. The molecule has 0 aromatic carbocycles. The minimum atomic E-state index is 0.515. The smallest absolute Gasteiger partial charge is 0.0472 e. The highest BCUT2D eigenvalue weighted by molar-refractivity contribution is 5.08. The molecular formula is C15H28N2. The topological polar surface area (TPSA) is 27.8 Å². The zero-order chi connectivity index (χ0) is 12.3. The molecular weight excluding hydrogens is 208 g/mol. The highest BCUT2D eigenvalue weighted by atomic mass is 14.9. The van der Waals surface area contributed by atoms with Crippen molar-refractivity contribution in [3.05, 3.63) is 24.0 Å². The summed E-state index contributed by atoms with van der Waals surface area (Å²) in [5.74, 6) is 0. The minimum Gasteiger partial charge on any atom is -0.364 e. The fourth-order valence-corrected chi connectivity index (χ4v) is 2.30. The maximum Gasteiger partial charge on any atom is 0.0472 e. The Morgan fingerprint density at radius 2 is 1.88 bits per heavy atom. The molecule has 2 heteroatoms. The predicted molar refractivity (Wildman–Crippen MR) is 75.2 cm³/mol. The number of unbranched alkanes of at least 4 members (excludes halogenated alkanes) is 5. The summed E-state index contributed by atoms with van der Waals surface area (Å²) in [6.45, 7) is 5.49. The van der Waals surface area contributed by atoms with Gasteiger partial charge in [-0.2, -0.15) is 0 Å². The van der Waals surface area contributed by atoms with Crippen LogP contribution in [0.3, 0.4) is 0 Å². The third-order valence-electron chi connectivity index (χ3n) is 3.29. The van der Waals surface area contributed by atoms with Gasteiger partial charge in [-0.15, -0.1) is 0 Å². The normalized spacial score (nSPS) is 12.8. The van der Waals surface area contributed by atoms with E-state index >= 15 is 0 Å². The zero-order valence-corrected chi connectivity index (χ0v) is 11.5. The van der Waals surface area contributed by atoms with E-state index in [0.717, 1.165) is 6.54 Å². The van der Waals surface area contributed by atoms with Crippen molar-refractivity contribution < 1.29 is 0 Å². The fourth-order valence-electron chi connectivity index (χ4n) is 2.30. The molecule has 0 amide bonds. The molecule has 2 N–H and O–H groups in total. The van der Waals surface area contributed by atoms with E-state index in [9.17, 15) is 0 Å². The van der Waals surface area contributed by atoms with Crippen LogP contribution >= 0.6 is 0 Å². The van der Waals surface area contributed by atoms with Crippen LogP contribution in [-0.4, -0.2) is 11.5 Å². The van der Waals surface area contributed by atoms with Crippen LogP contribution in [-0.2, 0) is 0 Å². The van der Waals surface area contributed by atoms with E-state index in [4.69, 9.17) is 0 Å². The van der Waals surface area contributed by atoms with Crippen LogP contribution in [0.1, 0.15) is 70.5 Å². The SMILES string of the molecule is CCCCCCCCC(NCC)c1ccc[nH]1. The standard InChI is InChI=1S/C15H28N2/c1-3-5-6-7-8-9-11-14(16-4-2)15-12-10-13-17-15/h10,12-14,16-17H,3-9,11H2,1-2H3. The Morgan fingerprint density at radius 1 is 1.12 bits per heavy atom. The van der Waals surface area contributed by atoms with Gasteiger partial charge in [0.1, 0.15) is 0 Å². The summed E-state index contributed by atoms with van der Waals surface area (Å²) in [6, 6.07) is 4.78. The Labute approximate surface area is 106 Å². The van der Waals surface area contributed by atoms with Crippen LogP contribution in [0.25, 0.3) is 0 Å². The molecule has 0 bridgehead atoms. The Morgan fingerprint density at radius 3 is 2.53 bits per heavy atom. The molecule has 1 unspecified atom stereocenters. The summed E-state index contributed by atoms with van der Waals surface area (Å²) in [5, 5.41) is 3.56. The van der Waals surface area contributed by atoms with Crippen LogP contribution in [0.4, 0.5) is 0 Å². The second-order valence-electron chi connectivity index (χ2n) is 4.79. The van der Waals surface area contributed by atoms with Crippen LogP contribution in [0, 0.1) is 0 Å². The Kier molecular flexibility index (Phi) is 7.81. The van der Waals surface area contributed by atoms with Crippen molar-refractivity contribution >= 4 is 0 Å². The zero-order valence-electron chi connectivity index (χ0n) is 11.5. The first kappa shape index (κ1) is 14.3. The van der Waals surface area contributed by atoms with Gasteiger partial charge in [0.05, 0.1) is 0 Å². The Balaban J connectivity index is 2.17. The summed E-state index contributed by atoms with van der Waals surface area (Å²) in [5.41, 5.74) is 1.33. The lowest BCUT2D eigenvalue weighted by Crippen LogP contribution is -2.21. The van der Waals surface area contributed by atoms with Gasteiger partial charge in [-0.05, 0) is 25.1 Å². The average Bonchev–Trinajstić information content (AvgIpc) is 2.86. The largest absolute Gasteiger partial charge is 0.364 e. The first-order valence-electron chi connectivity index (χ1n) is 7.25. The van der Waals surface area contributed by atoms with Crippen LogP contribution < -0.4 is 5.32 Å². The number of hydrogen-bond donors (Lipinski definition) is 2. The van der Waals surface area contributed by atoms with Crippen molar-refractivity contribution in [2.24, 2.45) is 0 Å². The maximum absolute atomic E-state index is 3.56. The van der Waals surface area contributed by atoms with Gasteiger partial charge in [0, 0.05) is 17.9 Å². The lowest BCUT2D eigenvalue weighted by Gasteiger charge is -2.16. The molecule has 1 rings (SSSR count). The second-order valence-corrected chi connectivity index (χ2v) is 4.79. The highest BCUT2D eigenvalue weighted by Crippen LogP contribution is 2.18. The molecule has 0 saturated carbocycles. The molecule has 0 aliphatic heterocycles. The summed E-state index contributed by atoms with van der Waals surface area (Å²) < 4.78 is 0. The van der Waals surface area contributed by atoms with Gasteiger partial charge in [0.25, 0.3) is 0 Å². The van der Waals surface area contributed by atoms with E-state index in [1.54, 1.807) is 0 Å². The Bertz CT molecular complexity index is 254. The summed E-state index contributed by atoms with van der Waals surface area (Å²) in [7, 11) is 0. The summed E-state index contributed by atoms with van der Waals surface area (Å²) in [4.78, 5) is 3.32. The first-order chi connectivity index (χ1) is 8.38. The van der Waals surface area contributed by atoms with Crippen molar-refractivity contribution in [1.82, 2.24) is 10.3 Å². The molecule has 0 spiro atoms. The molecule has 2 nitrogen and oxygen atoms in total. The number of rotatable bonds is 10.